The summed E-state index contributed by atoms with van der Waals surface area (Å²) in [6, 6.07) is 17.1. The Bertz CT molecular complexity index is 2260. The number of halogens is 3. The summed E-state index contributed by atoms with van der Waals surface area (Å²) in [4.78, 5) is 33.0. The Kier molecular flexibility index (Phi) is 11.4. The van der Waals surface area contributed by atoms with Crippen molar-refractivity contribution in [3.63, 3.8) is 0 Å². The van der Waals surface area contributed by atoms with E-state index in [0.717, 1.165) is 11.1 Å². The summed E-state index contributed by atoms with van der Waals surface area (Å²) in [7, 11) is 4.58. The minimum atomic E-state index is -0.791. The maximum atomic E-state index is 17.2. The lowest BCUT2D eigenvalue weighted by molar-refractivity contribution is 0.00498. The van der Waals surface area contributed by atoms with Crippen molar-refractivity contribution >= 4 is 40.1 Å². The number of anilines is 2. The number of ether oxygens (including phenoxy) is 5. The van der Waals surface area contributed by atoms with Gasteiger partial charge < -0.3 is 38.4 Å². The first-order chi connectivity index (χ1) is 27.7. The monoisotopic (exact) mass is 816 g/mol. The van der Waals surface area contributed by atoms with Crippen molar-refractivity contribution in [2.75, 3.05) is 44.2 Å². The van der Waals surface area contributed by atoms with E-state index < -0.39 is 35.5 Å². The number of nitrogens with zero attached hydrogens (tertiary/aromatic N) is 6. The van der Waals surface area contributed by atoms with Crippen LogP contribution in [0, 0.1) is 11.6 Å². The number of hydrogen-bond acceptors (Lipinski definition) is 11. The van der Waals surface area contributed by atoms with Gasteiger partial charge in [0, 0.05) is 31.7 Å². The number of methoxy groups -OCH3 is 3. The Morgan fingerprint density at radius 1 is 0.897 bits per heavy atom. The van der Waals surface area contributed by atoms with Gasteiger partial charge in [0.2, 0.25) is 5.88 Å². The van der Waals surface area contributed by atoms with Crippen LogP contribution in [0.2, 0.25) is 5.02 Å². The standard InChI is InChI=1S/C43H47ClF2N6O6/c1-9-28-22-52-33(23-51(28)42(53)58-43(3,4)5)24(2)57-40-34-38(48-41(56-8)49-39(34)52)36(46)37(47-40)27-18-31(44)35(45)32(19-27)50(20-25-10-14-29(54-6)15-11-25)21-26-12-16-30(55-7)17-13-26/h10-19,24,28,33H,9,20-23H2,1-8H3/t24-,28?,33-/m0/s1. The molecule has 2 aliphatic heterocycles. The summed E-state index contributed by atoms with van der Waals surface area (Å²) in [6.07, 6.45) is -0.362. The third-order valence-corrected chi connectivity index (χ3v) is 10.7. The second-order valence-electron chi connectivity index (χ2n) is 15.4. The Balaban J connectivity index is 1.34. The molecule has 3 aromatic carbocycles. The van der Waals surface area contributed by atoms with Gasteiger partial charge >= 0.3 is 12.1 Å². The van der Waals surface area contributed by atoms with Crippen LogP contribution in [0.4, 0.5) is 25.1 Å². The molecule has 0 aliphatic carbocycles. The number of amides is 1. The number of pyridine rings is 1. The highest BCUT2D eigenvalue weighted by atomic mass is 35.5. The van der Waals surface area contributed by atoms with Crippen LogP contribution in [0.15, 0.2) is 60.7 Å². The van der Waals surface area contributed by atoms with Crippen LogP contribution in [0.1, 0.15) is 52.2 Å². The fourth-order valence-corrected chi connectivity index (χ4v) is 7.67. The predicted octanol–water partition coefficient (Wildman–Crippen LogP) is 8.84. The van der Waals surface area contributed by atoms with Gasteiger partial charge in [0.25, 0.3) is 0 Å². The van der Waals surface area contributed by atoms with Crippen LogP contribution in [0.25, 0.3) is 22.2 Å². The first-order valence-electron chi connectivity index (χ1n) is 19.1. The van der Waals surface area contributed by atoms with Crippen molar-refractivity contribution in [1.29, 1.82) is 0 Å². The third-order valence-electron chi connectivity index (χ3n) is 10.4. The van der Waals surface area contributed by atoms with Crippen LogP contribution in [0.5, 0.6) is 23.4 Å². The van der Waals surface area contributed by atoms with E-state index in [9.17, 15) is 4.79 Å². The highest BCUT2D eigenvalue weighted by Gasteiger charge is 2.44. The zero-order valence-electron chi connectivity index (χ0n) is 33.8. The van der Waals surface area contributed by atoms with Crippen molar-refractivity contribution in [3.05, 3.63) is 88.4 Å². The number of fused-ring (bicyclic) bond motifs is 2. The fraction of sp³-hybridized carbons (Fsp3) is 0.395. The number of benzene rings is 3. The van der Waals surface area contributed by atoms with Crippen molar-refractivity contribution in [1.82, 2.24) is 19.9 Å². The maximum absolute atomic E-state index is 17.2. The van der Waals surface area contributed by atoms with Crippen LogP contribution in [-0.4, -0.2) is 84.2 Å². The molecule has 0 N–H and O–H groups in total. The van der Waals surface area contributed by atoms with Gasteiger partial charge in [0.05, 0.1) is 44.1 Å². The Morgan fingerprint density at radius 3 is 2.07 bits per heavy atom. The molecule has 12 nitrogen and oxygen atoms in total. The molecule has 2 aromatic heterocycles. The normalized spacial score (nSPS) is 17.6. The average molecular weight is 817 g/mol. The summed E-state index contributed by atoms with van der Waals surface area (Å²) < 4.78 is 62.1. The number of rotatable bonds is 10. The van der Waals surface area contributed by atoms with Crippen LogP contribution < -0.4 is 28.7 Å². The zero-order valence-corrected chi connectivity index (χ0v) is 34.6. The zero-order chi connectivity index (χ0) is 41.5. The van der Waals surface area contributed by atoms with E-state index in [2.05, 4.69) is 4.98 Å². The molecule has 306 valence electrons. The largest absolute Gasteiger partial charge is 0.497 e. The van der Waals surface area contributed by atoms with Crippen molar-refractivity contribution in [2.24, 2.45) is 0 Å². The highest BCUT2D eigenvalue weighted by molar-refractivity contribution is 6.31. The molecule has 2 aliphatic rings. The summed E-state index contributed by atoms with van der Waals surface area (Å²) in [6.45, 7) is 10.5. The van der Waals surface area contributed by atoms with Crippen molar-refractivity contribution < 1.29 is 37.3 Å². The van der Waals surface area contributed by atoms with Gasteiger partial charge in [-0.25, -0.2) is 18.6 Å². The van der Waals surface area contributed by atoms with Crippen molar-refractivity contribution in [2.45, 2.75) is 77.9 Å². The molecule has 1 unspecified atom stereocenters. The minimum Gasteiger partial charge on any atom is -0.497 e. The number of hydrogen-bond donors (Lipinski definition) is 0. The van der Waals surface area contributed by atoms with E-state index in [-0.39, 0.29) is 70.4 Å². The van der Waals surface area contributed by atoms with E-state index in [1.807, 2.05) is 92.9 Å². The molecule has 0 bridgehead atoms. The molecular formula is C43H47ClF2N6O6. The molecule has 1 fully saturated rings. The molecule has 1 amide bonds. The summed E-state index contributed by atoms with van der Waals surface area (Å²) in [5, 5.41) is 0.0281. The molecule has 0 saturated carbocycles. The Labute approximate surface area is 341 Å². The molecule has 0 spiro atoms. The first kappa shape index (κ1) is 40.6. The van der Waals surface area contributed by atoms with Gasteiger partial charge in [-0.15, -0.1) is 0 Å². The topological polar surface area (TPSA) is 112 Å². The lowest BCUT2D eigenvalue weighted by atomic mass is 10.0. The summed E-state index contributed by atoms with van der Waals surface area (Å²) in [5.41, 5.74) is 1.14. The minimum absolute atomic E-state index is 0.0663. The number of piperazine rings is 1. The van der Waals surface area contributed by atoms with Crippen LogP contribution >= 0.6 is 11.6 Å². The van der Waals surface area contributed by atoms with Crippen LogP contribution in [0.3, 0.4) is 0 Å². The SMILES string of the molecule is CCC1CN2c3nc(OC)nc4c(F)c(-c5cc(Cl)c(F)c(N(Cc6ccc(OC)cc6)Cc6ccc(OC)cc6)c5)nc(c34)O[C@@H](C)[C@@H]2CN1C(=O)OC(C)(C)C. The van der Waals surface area contributed by atoms with Gasteiger partial charge in [-0.05, 0) is 81.6 Å². The van der Waals surface area contributed by atoms with Gasteiger partial charge in [-0.2, -0.15) is 9.97 Å². The molecule has 15 heteroatoms. The van der Waals surface area contributed by atoms with Gasteiger partial charge in [-0.3, -0.25) is 0 Å². The lowest BCUT2D eigenvalue weighted by Crippen LogP contribution is -2.63. The molecule has 1 saturated heterocycles. The second-order valence-corrected chi connectivity index (χ2v) is 15.8. The highest BCUT2D eigenvalue weighted by Crippen LogP contribution is 2.44. The number of carbonyl (C=O) groups excluding carboxylic acids is 1. The Hall–Kier alpha value is -5.63. The van der Waals surface area contributed by atoms with Gasteiger partial charge in [0.15, 0.2) is 11.6 Å². The average Bonchev–Trinajstić information content (AvgIpc) is 3.32. The van der Waals surface area contributed by atoms with E-state index in [4.69, 9.17) is 45.3 Å². The molecule has 5 aromatic rings. The molecule has 3 atom stereocenters. The fourth-order valence-electron chi connectivity index (χ4n) is 7.45. The van der Waals surface area contributed by atoms with E-state index in [1.165, 1.54) is 19.2 Å². The van der Waals surface area contributed by atoms with E-state index in [0.29, 0.717) is 30.3 Å². The molecular weight excluding hydrogens is 770 g/mol. The van der Waals surface area contributed by atoms with Crippen LogP contribution in [-0.2, 0) is 17.8 Å². The van der Waals surface area contributed by atoms with E-state index >= 15 is 8.78 Å². The predicted molar refractivity (Wildman–Crippen MR) is 218 cm³/mol. The summed E-state index contributed by atoms with van der Waals surface area (Å²) >= 11 is 6.65. The number of aromatic nitrogens is 3. The quantitative estimate of drug-likeness (QED) is 0.135. The first-order valence-corrected chi connectivity index (χ1v) is 19.5. The Morgan fingerprint density at radius 2 is 1.52 bits per heavy atom. The third kappa shape index (κ3) is 8.07. The second kappa shape index (κ2) is 16.3. The molecule has 4 heterocycles. The van der Waals surface area contributed by atoms with Crippen molar-refractivity contribution in [3.8, 4) is 34.6 Å². The lowest BCUT2D eigenvalue weighted by Gasteiger charge is -2.47. The summed E-state index contributed by atoms with van der Waals surface area (Å²) in [5.74, 6) is 0.342. The molecule has 58 heavy (non-hydrogen) atoms. The molecule has 7 rings (SSSR count). The number of carbonyl (C=O) groups is 1. The maximum Gasteiger partial charge on any atom is 0.410 e. The molecule has 0 radical (unpaired) electrons. The van der Waals surface area contributed by atoms with Gasteiger partial charge in [-0.1, -0.05) is 42.8 Å². The smallest absolute Gasteiger partial charge is 0.410 e. The van der Waals surface area contributed by atoms with E-state index in [1.54, 1.807) is 19.1 Å². The van der Waals surface area contributed by atoms with Gasteiger partial charge in [0.1, 0.15) is 45.6 Å².